The zero-order valence-electron chi connectivity index (χ0n) is 15.0. The normalized spacial score (nSPS) is 9.46. The molecule has 2 nitrogen and oxygen atoms in total. The largest absolute Gasteiger partial charge is 0.204 e. The number of halogens is 1. The van der Waals surface area contributed by atoms with Crippen LogP contribution in [-0.4, -0.2) is 0 Å². The molecule has 0 heterocycles. The van der Waals surface area contributed by atoms with E-state index in [4.69, 9.17) is 0 Å². The fraction of sp³-hybridized carbons (Fsp3) is 0.130. The second kappa shape index (κ2) is 8.60. The van der Waals surface area contributed by atoms with Crippen LogP contribution < -0.4 is 0 Å². The van der Waals surface area contributed by atoms with E-state index in [1.54, 1.807) is 0 Å². The Morgan fingerprint density at radius 1 is 0.692 bits per heavy atom. The Kier molecular flexibility index (Phi) is 6.25. The maximum absolute atomic E-state index is 14.9. The van der Waals surface area contributed by atoms with Gasteiger partial charge in [0, 0.05) is 11.1 Å². The van der Waals surface area contributed by atoms with Crippen molar-refractivity contribution in [3.8, 4) is 34.4 Å². The monoisotopic (exact) mass is 342 g/mol. The third kappa shape index (κ3) is 3.34. The number of hydrogen-bond donors (Lipinski definition) is 0. The Labute approximate surface area is 153 Å². The molecule has 128 valence electrons. The fourth-order valence-electron chi connectivity index (χ4n) is 2.99. The third-order valence-electron chi connectivity index (χ3n) is 4.04. The second-order valence-electron chi connectivity index (χ2n) is 5.39. The van der Waals surface area contributed by atoms with Gasteiger partial charge in [0.25, 0.3) is 0 Å². The van der Waals surface area contributed by atoms with Crippen LogP contribution in [0.4, 0.5) is 4.39 Å². The molecule has 0 radical (unpaired) electrons. The molecule has 26 heavy (non-hydrogen) atoms. The highest BCUT2D eigenvalue weighted by atomic mass is 19.1. The molecule has 0 fully saturated rings. The van der Waals surface area contributed by atoms with Crippen molar-refractivity contribution >= 4 is 0 Å². The van der Waals surface area contributed by atoms with Gasteiger partial charge >= 0.3 is 0 Å². The summed E-state index contributed by atoms with van der Waals surface area (Å²) in [5.41, 5.74) is 3.13. The lowest BCUT2D eigenvalue weighted by atomic mass is 9.85. The van der Waals surface area contributed by atoms with E-state index in [1.165, 1.54) is 0 Å². The van der Waals surface area contributed by atoms with E-state index in [0.29, 0.717) is 11.1 Å². The van der Waals surface area contributed by atoms with Gasteiger partial charge in [-0.3, -0.25) is 0 Å². The average Bonchev–Trinajstić information content (AvgIpc) is 2.71. The van der Waals surface area contributed by atoms with Crippen LogP contribution in [0.2, 0.25) is 0 Å². The molecule has 3 rings (SSSR count). The van der Waals surface area contributed by atoms with Crippen LogP contribution in [0.25, 0.3) is 22.3 Å². The van der Waals surface area contributed by atoms with Crippen LogP contribution >= 0.6 is 0 Å². The van der Waals surface area contributed by atoms with E-state index >= 15 is 0 Å². The Hall–Kier alpha value is -3.43. The number of nitrogens with zero attached hydrogens (tertiary/aromatic N) is 2. The smallest absolute Gasteiger partial charge is 0.159 e. The first-order chi connectivity index (χ1) is 12.7. The first-order valence-electron chi connectivity index (χ1n) is 8.46. The minimum atomic E-state index is -0.761. The first-order valence-corrected chi connectivity index (χ1v) is 8.46. The Bertz CT molecular complexity index is 900. The van der Waals surface area contributed by atoms with E-state index in [9.17, 15) is 14.9 Å². The molecule has 3 aromatic carbocycles. The Morgan fingerprint density at radius 2 is 1.04 bits per heavy atom. The zero-order chi connectivity index (χ0) is 19.1. The van der Waals surface area contributed by atoms with Gasteiger partial charge in [0.05, 0.1) is 11.1 Å². The topological polar surface area (TPSA) is 47.6 Å². The molecule has 0 saturated heterocycles. The molecule has 3 aromatic rings. The lowest BCUT2D eigenvalue weighted by molar-refractivity contribution is 0.620. The summed E-state index contributed by atoms with van der Waals surface area (Å²) in [7, 11) is 0. The van der Waals surface area contributed by atoms with Crippen LogP contribution in [0.1, 0.15) is 30.5 Å². The molecule has 0 atom stereocenters. The van der Waals surface area contributed by atoms with Crippen molar-refractivity contribution in [2.45, 2.75) is 20.8 Å². The number of nitriles is 2. The van der Waals surface area contributed by atoms with Crippen molar-refractivity contribution in [3.05, 3.63) is 83.2 Å². The van der Waals surface area contributed by atoms with E-state index in [1.807, 2.05) is 93.6 Å². The highest BCUT2D eigenvalue weighted by Gasteiger charge is 2.23. The Balaban J connectivity index is 0.00000117. The van der Waals surface area contributed by atoms with Crippen LogP contribution in [0.15, 0.2) is 60.7 Å². The third-order valence-corrected chi connectivity index (χ3v) is 4.04. The van der Waals surface area contributed by atoms with Gasteiger partial charge < -0.3 is 0 Å². The van der Waals surface area contributed by atoms with E-state index in [-0.39, 0.29) is 11.1 Å². The van der Waals surface area contributed by atoms with Gasteiger partial charge in [-0.2, -0.15) is 10.5 Å². The highest BCUT2D eigenvalue weighted by Crippen LogP contribution is 2.38. The van der Waals surface area contributed by atoms with Crippen molar-refractivity contribution in [3.63, 3.8) is 0 Å². The summed E-state index contributed by atoms with van der Waals surface area (Å²) < 4.78 is 14.9. The van der Waals surface area contributed by atoms with E-state index in [2.05, 4.69) is 0 Å². The SMILES string of the molecule is CC.Cc1c(-c2ccccc2)c(C#N)c(F)c(C#N)c1-c1ccccc1. The molecule has 0 N–H and O–H groups in total. The summed E-state index contributed by atoms with van der Waals surface area (Å²) in [6.07, 6.45) is 0. The first kappa shape index (κ1) is 18.9. The van der Waals surface area contributed by atoms with Gasteiger partial charge in [-0.15, -0.1) is 0 Å². The summed E-state index contributed by atoms with van der Waals surface area (Å²) in [5, 5.41) is 18.9. The van der Waals surface area contributed by atoms with Gasteiger partial charge in [-0.1, -0.05) is 74.5 Å². The van der Waals surface area contributed by atoms with Crippen LogP contribution in [-0.2, 0) is 0 Å². The lowest BCUT2D eigenvalue weighted by Gasteiger charge is -2.17. The maximum Gasteiger partial charge on any atom is 0.159 e. The number of rotatable bonds is 2. The number of benzene rings is 3. The summed E-state index contributed by atoms with van der Waals surface area (Å²) in [6.45, 7) is 5.83. The molecule has 0 aliphatic heterocycles. The fourth-order valence-corrected chi connectivity index (χ4v) is 2.99. The minimum absolute atomic E-state index is 0.0880. The van der Waals surface area contributed by atoms with Crippen molar-refractivity contribution in [1.82, 2.24) is 0 Å². The van der Waals surface area contributed by atoms with Crippen molar-refractivity contribution < 1.29 is 4.39 Å². The van der Waals surface area contributed by atoms with Crippen LogP contribution in [0.5, 0.6) is 0 Å². The van der Waals surface area contributed by atoms with E-state index in [0.717, 1.165) is 16.7 Å². The van der Waals surface area contributed by atoms with Crippen molar-refractivity contribution in [2.75, 3.05) is 0 Å². The minimum Gasteiger partial charge on any atom is -0.204 e. The molecular weight excluding hydrogens is 323 g/mol. The van der Waals surface area contributed by atoms with E-state index < -0.39 is 5.82 Å². The molecule has 3 heteroatoms. The molecule has 0 amide bonds. The Morgan fingerprint density at radius 3 is 1.35 bits per heavy atom. The highest BCUT2D eigenvalue weighted by molar-refractivity contribution is 5.86. The van der Waals surface area contributed by atoms with Crippen molar-refractivity contribution in [2.24, 2.45) is 0 Å². The van der Waals surface area contributed by atoms with Crippen LogP contribution in [0, 0.1) is 35.4 Å². The van der Waals surface area contributed by atoms with Gasteiger partial charge in [-0.25, -0.2) is 4.39 Å². The summed E-state index contributed by atoms with van der Waals surface area (Å²) in [4.78, 5) is 0. The van der Waals surface area contributed by atoms with Gasteiger partial charge in [-0.05, 0) is 23.6 Å². The molecule has 0 bridgehead atoms. The second-order valence-corrected chi connectivity index (χ2v) is 5.39. The van der Waals surface area contributed by atoms with Gasteiger partial charge in [0.1, 0.15) is 12.1 Å². The summed E-state index contributed by atoms with van der Waals surface area (Å²) in [6, 6.07) is 22.3. The van der Waals surface area contributed by atoms with Crippen LogP contribution in [0.3, 0.4) is 0 Å². The molecule has 0 unspecified atom stereocenters. The van der Waals surface area contributed by atoms with Gasteiger partial charge in [0.15, 0.2) is 5.82 Å². The quantitative estimate of drug-likeness (QED) is 0.553. The molecular formula is C23H19FN2. The average molecular weight is 342 g/mol. The zero-order valence-corrected chi connectivity index (χ0v) is 15.0. The molecule has 0 spiro atoms. The maximum atomic E-state index is 14.9. The predicted molar refractivity (Wildman–Crippen MR) is 103 cm³/mol. The molecule has 0 aliphatic carbocycles. The van der Waals surface area contributed by atoms with Crippen molar-refractivity contribution in [1.29, 1.82) is 10.5 Å². The standard InChI is InChI=1S/C21H13FN2.C2H6/c1-14-19(15-8-4-2-5-9-15)17(12-23)21(22)18(13-24)20(14)16-10-6-3-7-11-16;1-2/h2-11H,1H3;1-2H3. The number of hydrogen-bond acceptors (Lipinski definition) is 2. The molecule has 0 saturated carbocycles. The summed E-state index contributed by atoms with van der Waals surface area (Å²) >= 11 is 0. The molecule has 0 aliphatic rings. The lowest BCUT2D eigenvalue weighted by Crippen LogP contribution is -2.02. The summed E-state index contributed by atoms with van der Waals surface area (Å²) in [5.74, 6) is -0.761. The predicted octanol–water partition coefficient (Wildman–Crippen LogP) is 6.24. The molecule has 0 aromatic heterocycles. The van der Waals surface area contributed by atoms with Gasteiger partial charge in [0.2, 0.25) is 0 Å².